The molecule has 0 amide bonds. The van der Waals surface area contributed by atoms with Gasteiger partial charge in [-0.3, -0.25) is 0 Å². The number of hydrogen-bond donors (Lipinski definition) is 1. The summed E-state index contributed by atoms with van der Waals surface area (Å²) in [6.07, 6.45) is 5.01. The van der Waals surface area contributed by atoms with Gasteiger partial charge in [0.2, 0.25) is 0 Å². The quantitative estimate of drug-likeness (QED) is 0.894. The Morgan fingerprint density at radius 1 is 1.05 bits per heavy atom. The van der Waals surface area contributed by atoms with Crippen molar-refractivity contribution in [3.05, 3.63) is 23.8 Å². The first-order valence-electron chi connectivity index (χ1n) is 7.92. The van der Waals surface area contributed by atoms with Gasteiger partial charge >= 0.3 is 0 Å². The standard InChI is InChI=1S/C18H29NO2/c1-18(2,3)13-6-11-17(21-5)16(12-13)19-14-7-9-15(20-4)10-8-14/h6,11-12,14-15,19H,7-10H2,1-5H3. The third-order valence-electron chi connectivity index (χ3n) is 4.43. The van der Waals surface area contributed by atoms with E-state index in [2.05, 4.69) is 44.3 Å². The summed E-state index contributed by atoms with van der Waals surface area (Å²) in [6, 6.07) is 6.98. The van der Waals surface area contributed by atoms with Crippen LogP contribution in [0.2, 0.25) is 0 Å². The van der Waals surface area contributed by atoms with E-state index < -0.39 is 0 Å². The molecule has 1 aliphatic rings. The fraction of sp³-hybridized carbons (Fsp3) is 0.667. The molecule has 1 fully saturated rings. The van der Waals surface area contributed by atoms with Crippen molar-refractivity contribution in [1.29, 1.82) is 0 Å². The van der Waals surface area contributed by atoms with E-state index in [9.17, 15) is 0 Å². The molecule has 1 aromatic rings. The molecule has 1 N–H and O–H groups in total. The minimum absolute atomic E-state index is 0.149. The molecule has 0 atom stereocenters. The molecule has 2 rings (SSSR count). The van der Waals surface area contributed by atoms with Crippen molar-refractivity contribution in [3.8, 4) is 5.75 Å². The molecule has 0 spiro atoms. The first kappa shape index (κ1) is 16.2. The van der Waals surface area contributed by atoms with Gasteiger partial charge in [-0.05, 0) is 48.8 Å². The lowest BCUT2D eigenvalue weighted by atomic mass is 9.86. The van der Waals surface area contributed by atoms with Gasteiger partial charge in [0.1, 0.15) is 5.75 Å². The molecule has 0 radical (unpaired) electrons. The van der Waals surface area contributed by atoms with E-state index in [0.717, 1.165) is 37.1 Å². The van der Waals surface area contributed by atoms with E-state index in [-0.39, 0.29) is 5.41 Å². The van der Waals surface area contributed by atoms with Crippen molar-refractivity contribution in [2.45, 2.75) is 64.0 Å². The highest BCUT2D eigenvalue weighted by molar-refractivity contribution is 5.59. The van der Waals surface area contributed by atoms with E-state index in [4.69, 9.17) is 9.47 Å². The highest BCUT2D eigenvalue weighted by Crippen LogP contribution is 2.33. The molecule has 0 saturated heterocycles. The number of rotatable bonds is 4. The molecule has 1 aliphatic carbocycles. The monoisotopic (exact) mass is 291 g/mol. The Labute approximate surface area is 129 Å². The van der Waals surface area contributed by atoms with Crippen LogP contribution in [0.4, 0.5) is 5.69 Å². The van der Waals surface area contributed by atoms with Crippen LogP contribution in [-0.2, 0) is 10.2 Å². The van der Waals surface area contributed by atoms with Crippen LogP contribution in [0.1, 0.15) is 52.0 Å². The number of nitrogens with one attached hydrogen (secondary N) is 1. The molecule has 0 unspecified atom stereocenters. The predicted molar refractivity (Wildman–Crippen MR) is 88.4 cm³/mol. The van der Waals surface area contributed by atoms with Crippen LogP contribution in [-0.4, -0.2) is 26.4 Å². The van der Waals surface area contributed by atoms with E-state index in [1.54, 1.807) is 7.11 Å². The topological polar surface area (TPSA) is 30.5 Å². The molecule has 118 valence electrons. The Bertz CT molecular complexity index is 457. The van der Waals surface area contributed by atoms with Gasteiger partial charge < -0.3 is 14.8 Å². The van der Waals surface area contributed by atoms with Gasteiger partial charge in [-0.2, -0.15) is 0 Å². The highest BCUT2D eigenvalue weighted by atomic mass is 16.5. The van der Waals surface area contributed by atoms with Crippen molar-refractivity contribution in [3.63, 3.8) is 0 Å². The molecule has 1 aromatic carbocycles. The maximum Gasteiger partial charge on any atom is 0.141 e. The Hall–Kier alpha value is -1.22. The summed E-state index contributed by atoms with van der Waals surface area (Å²) in [6.45, 7) is 6.72. The van der Waals surface area contributed by atoms with E-state index in [1.165, 1.54) is 5.56 Å². The van der Waals surface area contributed by atoms with Crippen molar-refractivity contribution in [1.82, 2.24) is 0 Å². The number of methoxy groups -OCH3 is 2. The molecule has 1 saturated carbocycles. The molecule has 3 nitrogen and oxygen atoms in total. The van der Waals surface area contributed by atoms with Crippen molar-refractivity contribution in [2.24, 2.45) is 0 Å². The second-order valence-electron chi connectivity index (χ2n) is 7.02. The molecule has 0 heterocycles. The van der Waals surface area contributed by atoms with Gasteiger partial charge in [0.25, 0.3) is 0 Å². The van der Waals surface area contributed by atoms with Crippen molar-refractivity contribution < 1.29 is 9.47 Å². The van der Waals surface area contributed by atoms with E-state index in [0.29, 0.717) is 12.1 Å². The normalized spacial score (nSPS) is 22.9. The Balaban J connectivity index is 2.11. The van der Waals surface area contributed by atoms with Crippen LogP contribution < -0.4 is 10.1 Å². The van der Waals surface area contributed by atoms with E-state index in [1.807, 2.05) is 7.11 Å². The Morgan fingerprint density at radius 2 is 1.71 bits per heavy atom. The smallest absolute Gasteiger partial charge is 0.141 e. The molecular formula is C18H29NO2. The average molecular weight is 291 g/mol. The summed E-state index contributed by atoms with van der Waals surface area (Å²) in [4.78, 5) is 0. The van der Waals surface area contributed by atoms with Gasteiger partial charge in [-0.15, -0.1) is 0 Å². The molecule has 0 aliphatic heterocycles. The number of hydrogen-bond acceptors (Lipinski definition) is 3. The third kappa shape index (κ3) is 4.13. The molecular weight excluding hydrogens is 262 g/mol. The summed E-state index contributed by atoms with van der Waals surface area (Å²) in [5.74, 6) is 0.928. The van der Waals surface area contributed by atoms with Gasteiger partial charge in [-0.25, -0.2) is 0 Å². The second kappa shape index (κ2) is 6.69. The number of anilines is 1. The molecule has 21 heavy (non-hydrogen) atoms. The maximum atomic E-state index is 5.51. The zero-order valence-corrected chi connectivity index (χ0v) is 14.0. The van der Waals surface area contributed by atoms with Crippen LogP contribution in [0.5, 0.6) is 5.75 Å². The zero-order chi connectivity index (χ0) is 15.5. The van der Waals surface area contributed by atoms with Gasteiger partial charge in [0.05, 0.1) is 18.9 Å². The van der Waals surface area contributed by atoms with Crippen LogP contribution in [0.25, 0.3) is 0 Å². The Kier molecular flexibility index (Phi) is 5.15. The first-order valence-corrected chi connectivity index (χ1v) is 7.92. The fourth-order valence-corrected chi connectivity index (χ4v) is 2.95. The molecule has 3 heteroatoms. The van der Waals surface area contributed by atoms with Gasteiger partial charge in [0, 0.05) is 13.2 Å². The maximum absolute atomic E-state index is 5.51. The second-order valence-corrected chi connectivity index (χ2v) is 7.02. The van der Waals surface area contributed by atoms with Crippen LogP contribution >= 0.6 is 0 Å². The number of benzene rings is 1. The Morgan fingerprint density at radius 3 is 2.24 bits per heavy atom. The SMILES string of the molecule is COc1ccc(C(C)(C)C)cc1NC1CCC(OC)CC1. The summed E-state index contributed by atoms with van der Waals surface area (Å²) >= 11 is 0. The lowest BCUT2D eigenvalue weighted by Gasteiger charge is -2.30. The molecule has 0 aromatic heterocycles. The van der Waals surface area contributed by atoms with Gasteiger partial charge in [-0.1, -0.05) is 26.8 Å². The number of ether oxygens (including phenoxy) is 2. The van der Waals surface area contributed by atoms with Crippen LogP contribution in [0.15, 0.2) is 18.2 Å². The summed E-state index contributed by atoms with van der Waals surface area (Å²) in [7, 11) is 3.55. The third-order valence-corrected chi connectivity index (χ3v) is 4.43. The average Bonchev–Trinajstić information content (AvgIpc) is 2.47. The van der Waals surface area contributed by atoms with E-state index >= 15 is 0 Å². The lowest BCUT2D eigenvalue weighted by molar-refractivity contribution is 0.0681. The van der Waals surface area contributed by atoms with Crippen molar-refractivity contribution >= 4 is 5.69 Å². The predicted octanol–water partition coefficient (Wildman–Crippen LogP) is 4.36. The lowest BCUT2D eigenvalue weighted by Crippen LogP contribution is -2.29. The summed E-state index contributed by atoms with van der Waals surface area (Å²) in [5, 5.41) is 3.68. The minimum Gasteiger partial charge on any atom is -0.495 e. The van der Waals surface area contributed by atoms with Crippen LogP contribution in [0.3, 0.4) is 0 Å². The van der Waals surface area contributed by atoms with Crippen molar-refractivity contribution in [2.75, 3.05) is 19.5 Å². The summed E-state index contributed by atoms with van der Waals surface area (Å²) < 4.78 is 11.0. The molecule has 0 bridgehead atoms. The fourth-order valence-electron chi connectivity index (χ4n) is 2.95. The van der Waals surface area contributed by atoms with Gasteiger partial charge in [0.15, 0.2) is 0 Å². The highest BCUT2D eigenvalue weighted by Gasteiger charge is 2.22. The first-order chi connectivity index (χ1) is 9.94. The summed E-state index contributed by atoms with van der Waals surface area (Å²) in [5.41, 5.74) is 2.60. The van der Waals surface area contributed by atoms with Crippen LogP contribution in [0, 0.1) is 0 Å². The largest absolute Gasteiger partial charge is 0.495 e. The minimum atomic E-state index is 0.149. The zero-order valence-electron chi connectivity index (χ0n) is 14.0.